The second-order valence-electron chi connectivity index (χ2n) is 8.38. The Balaban J connectivity index is 1.65. The van der Waals surface area contributed by atoms with Crippen molar-refractivity contribution in [2.45, 2.75) is 6.54 Å². The third kappa shape index (κ3) is 4.76. The summed E-state index contributed by atoms with van der Waals surface area (Å²) in [6.07, 6.45) is 3.26. The molecule has 0 radical (unpaired) electrons. The molecule has 0 atom stereocenters. The Morgan fingerprint density at radius 3 is 2.47 bits per heavy atom. The van der Waals surface area contributed by atoms with Gasteiger partial charge in [-0.15, -0.1) is 0 Å². The van der Waals surface area contributed by atoms with Crippen LogP contribution < -0.4 is 19.5 Å². The summed E-state index contributed by atoms with van der Waals surface area (Å²) < 4.78 is 32.5. The van der Waals surface area contributed by atoms with Gasteiger partial charge in [-0.05, 0) is 42.5 Å². The zero-order valence-electron chi connectivity index (χ0n) is 20.8. The third-order valence-electron chi connectivity index (χ3n) is 6.11. The van der Waals surface area contributed by atoms with Crippen molar-refractivity contribution in [1.29, 1.82) is 0 Å². The van der Waals surface area contributed by atoms with Gasteiger partial charge in [0.15, 0.2) is 0 Å². The molecule has 5 rings (SSSR count). The van der Waals surface area contributed by atoms with Gasteiger partial charge in [0.05, 0.1) is 66.9 Å². The Morgan fingerprint density at radius 2 is 1.79 bits per heavy atom. The summed E-state index contributed by atoms with van der Waals surface area (Å²) in [5.41, 5.74) is 2.18. The molecule has 0 spiro atoms. The maximum Gasteiger partial charge on any atom is 0.203 e. The van der Waals surface area contributed by atoms with Crippen LogP contribution in [0.1, 0.15) is 5.56 Å². The summed E-state index contributed by atoms with van der Waals surface area (Å²) in [5.74, 6) is 1.80. The van der Waals surface area contributed by atoms with E-state index in [0.29, 0.717) is 45.4 Å². The molecule has 0 amide bonds. The van der Waals surface area contributed by atoms with E-state index in [9.17, 15) is 9.50 Å². The molecule has 0 aliphatic rings. The molecule has 0 saturated heterocycles. The highest BCUT2D eigenvalue weighted by atomic mass is 35.5. The summed E-state index contributed by atoms with van der Waals surface area (Å²) in [6, 6.07) is 15.0. The molecular formula is C28H24ClFN4O4. The first-order valence-corrected chi connectivity index (χ1v) is 11.9. The highest BCUT2D eigenvalue weighted by Gasteiger charge is 2.20. The lowest BCUT2D eigenvalue weighted by atomic mass is 10.1. The number of hydrogen-bond donors (Lipinski definition) is 2. The minimum Gasteiger partial charge on any atom is -0.497 e. The Morgan fingerprint density at radius 1 is 1.00 bits per heavy atom. The van der Waals surface area contributed by atoms with Crippen LogP contribution in [-0.2, 0) is 6.54 Å². The van der Waals surface area contributed by atoms with Crippen LogP contribution in [0.2, 0.25) is 5.02 Å². The number of fused-ring (bicyclic) bond motifs is 1. The molecule has 0 unspecified atom stereocenters. The van der Waals surface area contributed by atoms with Gasteiger partial charge in [-0.25, -0.2) is 14.4 Å². The zero-order valence-corrected chi connectivity index (χ0v) is 21.6. The monoisotopic (exact) mass is 534 g/mol. The van der Waals surface area contributed by atoms with Crippen LogP contribution in [-0.4, -0.2) is 41.0 Å². The van der Waals surface area contributed by atoms with Crippen molar-refractivity contribution in [2.75, 3.05) is 26.6 Å². The molecule has 194 valence electrons. The van der Waals surface area contributed by atoms with E-state index in [0.717, 1.165) is 5.56 Å². The van der Waals surface area contributed by atoms with Gasteiger partial charge in [-0.3, -0.25) is 0 Å². The van der Waals surface area contributed by atoms with Crippen molar-refractivity contribution < 1.29 is 23.7 Å². The molecule has 2 N–H and O–H groups in total. The van der Waals surface area contributed by atoms with E-state index < -0.39 is 5.82 Å². The number of benzene rings is 2. The van der Waals surface area contributed by atoms with Gasteiger partial charge in [0.2, 0.25) is 5.88 Å². The summed E-state index contributed by atoms with van der Waals surface area (Å²) in [5, 5.41) is 15.2. The summed E-state index contributed by atoms with van der Waals surface area (Å²) in [7, 11) is 4.70. The molecule has 5 aromatic rings. The smallest absolute Gasteiger partial charge is 0.203 e. The van der Waals surface area contributed by atoms with E-state index in [-0.39, 0.29) is 23.0 Å². The zero-order chi connectivity index (χ0) is 26.8. The first-order chi connectivity index (χ1) is 18.4. The summed E-state index contributed by atoms with van der Waals surface area (Å²) in [6.45, 7) is 0.283. The first-order valence-electron chi connectivity index (χ1n) is 11.6. The van der Waals surface area contributed by atoms with Crippen LogP contribution in [0.4, 0.5) is 15.9 Å². The van der Waals surface area contributed by atoms with Gasteiger partial charge in [0.25, 0.3) is 0 Å². The third-order valence-corrected chi connectivity index (χ3v) is 6.42. The van der Waals surface area contributed by atoms with Crippen molar-refractivity contribution in [3.8, 4) is 34.4 Å². The minimum atomic E-state index is -0.510. The molecule has 0 aliphatic carbocycles. The van der Waals surface area contributed by atoms with Gasteiger partial charge in [0, 0.05) is 17.8 Å². The number of aromatic nitrogens is 3. The Labute approximate surface area is 223 Å². The molecule has 2 aromatic carbocycles. The van der Waals surface area contributed by atoms with Gasteiger partial charge in [-0.1, -0.05) is 17.7 Å². The Kier molecular flexibility index (Phi) is 6.93. The van der Waals surface area contributed by atoms with E-state index in [1.807, 2.05) is 12.1 Å². The second-order valence-corrected chi connectivity index (χ2v) is 8.79. The van der Waals surface area contributed by atoms with E-state index >= 15 is 0 Å². The largest absolute Gasteiger partial charge is 0.497 e. The number of ether oxygens (including phenoxy) is 3. The van der Waals surface area contributed by atoms with Crippen molar-refractivity contribution in [3.05, 3.63) is 83.4 Å². The molecular weight excluding hydrogens is 511 g/mol. The number of pyridine rings is 2. The molecule has 0 fully saturated rings. The van der Waals surface area contributed by atoms with Gasteiger partial charge < -0.3 is 29.2 Å². The average molecular weight is 535 g/mol. The van der Waals surface area contributed by atoms with E-state index in [2.05, 4.69) is 15.3 Å². The fourth-order valence-electron chi connectivity index (χ4n) is 4.21. The molecule has 0 bridgehead atoms. The van der Waals surface area contributed by atoms with Crippen molar-refractivity contribution in [2.24, 2.45) is 0 Å². The van der Waals surface area contributed by atoms with E-state index in [1.165, 1.54) is 12.1 Å². The Bertz CT molecular complexity index is 1600. The number of anilines is 2. The average Bonchev–Trinajstić information content (AvgIpc) is 3.24. The quantitative estimate of drug-likeness (QED) is 0.237. The molecule has 3 aromatic heterocycles. The van der Waals surface area contributed by atoms with Crippen LogP contribution in [0, 0.1) is 5.82 Å². The lowest BCUT2D eigenvalue weighted by molar-refractivity contribution is 0.387. The standard InChI is InChI=1S/C28H24ClFN4O4/c1-36-17-8-7-16(24(11-17)38-3)14-34-15-23-27(28(34)35)22(33-25-10-9-18(37-2)13-31-25)12-21(32-23)26-19(29)5-4-6-20(26)30/h4-13,15,35H,14H2,1-3H3,(H,31,33). The number of rotatable bonds is 8. The summed E-state index contributed by atoms with van der Waals surface area (Å²) >= 11 is 6.36. The molecule has 0 saturated carbocycles. The maximum atomic E-state index is 14.8. The number of aromatic hydroxyl groups is 1. The molecule has 38 heavy (non-hydrogen) atoms. The van der Waals surface area contributed by atoms with Crippen molar-refractivity contribution in [3.63, 3.8) is 0 Å². The van der Waals surface area contributed by atoms with Gasteiger partial charge in [-0.2, -0.15) is 0 Å². The maximum absolute atomic E-state index is 14.8. The molecule has 10 heteroatoms. The Hall–Kier alpha value is -4.50. The molecule has 3 heterocycles. The minimum absolute atomic E-state index is 0.0347. The highest BCUT2D eigenvalue weighted by Crippen LogP contribution is 2.40. The second kappa shape index (κ2) is 10.5. The van der Waals surface area contributed by atoms with Crippen LogP contribution in [0.15, 0.2) is 67.0 Å². The normalized spacial score (nSPS) is 11.0. The van der Waals surface area contributed by atoms with E-state index in [1.54, 1.807) is 68.6 Å². The lowest BCUT2D eigenvalue weighted by Gasteiger charge is -2.13. The SMILES string of the molecule is COc1ccc(Nc2cc(-c3c(F)cccc3Cl)nc3cn(Cc4ccc(OC)cc4OC)c(O)c23)nc1. The predicted octanol–water partition coefficient (Wildman–Crippen LogP) is 6.41. The van der Waals surface area contributed by atoms with Crippen LogP contribution in [0.3, 0.4) is 0 Å². The lowest BCUT2D eigenvalue weighted by Crippen LogP contribution is -2.01. The number of halogens is 2. The molecule has 0 aliphatic heterocycles. The van der Waals surface area contributed by atoms with Crippen molar-refractivity contribution >= 4 is 34.0 Å². The fraction of sp³-hybridized carbons (Fsp3) is 0.143. The van der Waals surface area contributed by atoms with Crippen LogP contribution >= 0.6 is 11.6 Å². The number of methoxy groups -OCH3 is 3. The predicted molar refractivity (Wildman–Crippen MR) is 145 cm³/mol. The topological polar surface area (TPSA) is 90.7 Å². The number of hydrogen-bond acceptors (Lipinski definition) is 7. The van der Waals surface area contributed by atoms with Crippen LogP contribution in [0.5, 0.6) is 23.1 Å². The summed E-state index contributed by atoms with van der Waals surface area (Å²) in [4.78, 5) is 9.01. The fourth-order valence-corrected chi connectivity index (χ4v) is 4.47. The van der Waals surface area contributed by atoms with Crippen LogP contribution in [0.25, 0.3) is 22.2 Å². The first kappa shape index (κ1) is 25.2. The van der Waals surface area contributed by atoms with E-state index in [4.69, 9.17) is 25.8 Å². The van der Waals surface area contributed by atoms with Crippen molar-refractivity contribution in [1.82, 2.24) is 14.5 Å². The highest BCUT2D eigenvalue weighted by molar-refractivity contribution is 6.33. The van der Waals surface area contributed by atoms with Gasteiger partial charge in [0.1, 0.15) is 28.9 Å². The van der Waals surface area contributed by atoms with Gasteiger partial charge >= 0.3 is 0 Å². The molecule has 8 nitrogen and oxygen atoms in total. The number of nitrogens with one attached hydrogen (secondary N) is 1. The number of nitrogens with zero attached hydrogens (tertiary/aromatic N) is 3.